The van der Waals surface area contributed by atoms with Crippen molar-refractivity contribution in [2.75, 3.05) is 19.8 Å². The van der Waals surface area contributed by atoms with Crippen molar-refractivity contribution in [3.8, 4) is 0 Å². The van der Waals surface area contributed by atoms with Crippen LogP contribution in [0.3, 0.4) is 0 Å². The zero-order valence-corrected chi connectivity index (χ0v) is 8.96. The fourth-order valence-corrected chi connectivity index (χ4v) is 3.24. The molecule has 2 aliphatic rings. The van der Waals surface area contributed by atoms with Gasteiger partial charge < -0.3 is 15.6 Å². The summed E-state index contributed by atoms with van der Waals surface area (Å²) >= 11 is 0. The molecule has 1 saturated heterocycles. The van der Waals surface area contributed by atoms with E-state index < -0.39 is 5.60 Å². The van der Waals surface area contributed by atoms with Crippen molar-refractivity contribution in [1.82, 2.24) is 0 Å². The normalized spacial score (nSPS) is 48.6. The summed E-state index contributed by atoms with van der Waals surface area (Å²) in [6.07, 6.45) is 4.07. The van der Waals surface area contributed by atoms with Gasteiger partial charge in [0, 0.05) is 18.6 Å². The Morgan fingerprint density at radius 2 is 2.29 bits per heavy atom. The van der Waals surface area contributed by atoms with E-state index >= 15 is 0 Å². The summed E-state index contributed by atoms with van der Waals surface area (Å²) in [6, 6.07) is 0. The van der Waals surface area contributed by atoms with E-state index in [9.17, 15) is 5.11 Å². The second-order valence-electron chi connectivity index (χ2n) is 5.00. The van der Waals surface area contributed by atoms with Crippen LogP contribution >= 0.6 is 0 Å². The Balaban J connectivity index is 2.25. The van der Waals surface area contributed by atoms with Crippen molar-refractivity contribution in [3.05, 3.63) is 0 Å². The zero-order chi connectivity index (χ0) is 10.2. The van der Waals surface area contributed by atoms with Gasteiger partial charge in [-0.2, -0.15) is 0 Å². The smallest absolute Gasteiger partial charge is 0.0764 e. The Morgan fingerprint density at radius 3 is 2.71 bits per heavy atom. The summed E-state index contributed by atoms with van der Waals surface area (Å²) < 4.78 is 5.44. The molecule has 0 aromatic heterocycles. The minimum atomic E-state index is -0.571. The lowest BCUT2D eigenvalue weighted by molar-refractivity contribution is -0.105. The van der Waals surface area contributed by atoms with Crippen LogP contribution in [0.2, 0.25) is 0 Å². The fourth-order valence-electron chi connectivity index (χ4n) is 3.24. The van der Waals surface area contributed by atoms with Crippen LogP contribution in [-0.2, 0) is 4.74 Å². The highest BCUT2D eigenvalue weighted by atomic mass is 16.5. The van der Waals surface area contributed by atoms with E-state index in [1.165, 1.54) is 0 Å². The van der Waals surface area contributed by atoms with Gasteiger partial charge in [0.15, 0.2) is 0 Å². The van der Waals surface area contributed by atoms with Crippen LogP contribution in [-0.4, -0.2) is 30.5 Å². The largest absolute Gasteiger partial charge is 0.389 e. The molecule has 0 spiro atoms. The van der Waals surface area contributed by atoms with Crippen LogP contribution in [0.15, 0.2) is 0 Å². The van der Waals surface area contributed by atoms with Crippen molar-refractivity contribution in [2.24, 2.45) is 17.1 Å². The lowest BCUT2D eigenvalue weighted by Crippen LogP contribution is -2.54. The minimum Gasteiger partial charge on any atom is -0.389 e. The molecular weight excluding hydrogens is 178 g/mol. The molecule has 1 heterocycles. The molecule has 1 saturated carbocycles. The summed E-state index contributed by atoms with van der Waals surface area (Å²) in [5.74, 6) is 0.368. The topological polar surface area (TPSA) is 55.5 Å². The van der Waals surface area contributed by atoms with E-state index in [0.29, 0.717) is 19.1 Å². The average molecular weight is 199 g/mol. The molecule has 3 heteroatoms. The molecule has 3 nitrogen and oxygen atoms in total. The van der Waals surface area contributed by atoms with Crippen molar-refractivity contribution in [3.63, 3.8) is 0 Å². The monoisotopic (exact) mass is 199 g/mol. The van der Waals surface area contributed by atoms with Crippen LogP contribution < -0.4 is 5.73 Å². The van der Waals surface area contributed by atoms with Gasteiger partial charge in [-0.05, 0) is 25.2 Å². The SMILES string of the molecule is CC1CCCC1(O)C1(CN)CCOC1. The molecule has 1 aliphatic heterocycles. The zero-order valence-electron chi connectivity index (χ0n) is 8.96. The van der Waals surface area contributed by atoms with Crippen molar-refractivity contribution < 1.29 is 9.84 Å². The first kappa shape index (κ1) is 10.4. The van der Waals surface area contributed by atoms with E-state index in [2.05, 4.69) is 6.92 Å². The molecular formula is C11H21NO2. The maximum Gasteiger partial charge on any atom is 0.0764 e. The highest BCUT2D eigenvalue weighted by Crippen LogP contribution is 2.50. The summed E-state index contributed by atoms with van der Waals surface area (Å²) in [6.45, 7) is 4.09. The summed E-state index contributed by atoms with van der Waals surface area (Å²) in [5, 5.41) is 10.8. The average Bonchev–Trinajstić information content (AvgIpc) is 2.76. The second kappa shape index (κ2) is 3.47. The van der Waals surface area contributed by atoms with Crippen LogP contribution in [0.25, 0.3) is 0 Å². The second-order valence-corrected chi connectivity index (χ2v) is 5.00. The van der Waals surface area contributed by atoms with Gasteiger partial charge in [0.2, 0.25) is 0 Å². The van der Waals surface area contributed by atoms with Crippen LogP contribution in [0, 0.1) is 11.3 Å². The predicted octanol–water partition coefficient (Wildman–Crippen LogP) is 0.903. The molecule has 1 aliphatic carbocycles. The van der Waals surface area contributed by atoms with Crippen molar-refractivity contribution in [1.29, 1.82) is 0 Å². The first-order valence-corrected chi connectivity index (χ1v) is 5.65. The molecule has 0 bridgehead atoms. The van der Waals surface area contributed by atoms with Gasteiger partial charge in [-0.3, -0.25) is 0 Å². The Kier molecular flexibility index (Phi) is 2.58. The number of hydrogen-bond acceptors (Lipinski definition) is 3. The van der Waals surface area contributed by atoms with E-state index in [1.807, 2.05) is 0 Å². The highest BCUT2D eigenvalue weighted by Gasteiger charge is 2.56. The molecule has 2 fully saturated rings. The quantitative estimate of drug-likeness (QED) is 0.695. The molecule has 82 valence electrons. The molecule has 3 N–H and O–H groups in total. The number of aliphatic hydroxyl groups is 1. The van der Waals surface area contributed by atoms with Gasteiger partial charge in [0.05, 0.1) is 12.2 Å². The number of rotatable bonds is 2. The van der Waals surface area contributed by atoms with E-state index in [1.54, 1.807) is 0 Å². The number of hydrogen-bond donors (Lipinski definition) is 2. The third-order valence-corrected chi connectivity index (χ3v) is 4.42. The molecule has 0 aromatic carbocycles. The molecule has 0 radical (unpaired) electrons. The van der Waals surface area contributed by atoms with Gasteiger partial charge in [-0.1, -0.05) is 13.3 Å². The minimum absolute atomic E-state index is 0.164. The Labute approximate surface area is 85.6 Å². The lowest BCUT2D eigenvalue weighted by atomic mass is 9.66. The van der Waals surface area contributed by atoms with Gasteiger partial charge in [-0.15, -0.1) is 0 Å². The molecule has 0 aromatic rings. The van der Waals surface area contributed by atoms with Crippen LogP contribution in [0.5, 0.6) is 0 Å². The predicted molar refractivity (Wildman–Crippen MR) is 54.9 cm³/mol. The number of ether oxygens (including phenoxy) is 1. The molecule has 0 amide bonds. The molecule has 14 heavy (non-hydrogen) atoms. The van der Waals surface area contributed by atoms with E-state index in [-0.39, 0.29) is 5.41 Å². The van der Waals surface area contributed by atoms with E-state index in [4.69, 9.17) is 10.5 Å². The van der Waals surface area contributed by atoms with E-state index in [0.717, 1.165) is 32.3 Å². The fraction of sp³-hybridized carbons (Fsp3) is 1.00. The lowest BCUT2D eigenvalue weighted by Gasteiger charge is -2.44. The van der Waals surface area contributed by atoms with Crippen molar-refractivity contribution in [2.45, 2.75) is 38.2 Å². The number of nitrogens with two attached hydrogens (primary N) is 1. The first-order chi connectivity index (χ1) is 6.65. The molecule has 2 rings (SSSR count). The van der Waals surface area contributed by atoms with Crippen molar-refractivity contribution >= 4 is 0 Å². The molecule has 3 atom stereocenters. The van der Waals surface area contributed by atoms with Gasteiger partial charge in [0.25, 0.3) is 0 Å². The van der Waals surface area contributed by atoms with Gasteiger partial charge in [-0.25, -0.2) is 0 Å². The maximum absolute atomic E-state index is 10.8. The Morgan fingerprint density at radius 1 is 1.50 bits per heavy atom. The van der Waals surface area contributed by atoms with Gasteiger partial charge in [0.1, 0.15) is 0 Å². The van der Waals surface area contributed by atoms with Gasteiger partial charge >= 0.3 is 0 Å². The summed E-state index contributed by atoms with van der Waals surface area (Å²) in [4.78, 5) is 0. The van der Waals surface area contributed by atoms with Crippen LogP contribution in [0.1, 0.15) is 32.6 Å². The Bertz CT molecular complexity index is 211. The Hall–Kier alpha value is -0.120. The summed E-state index contributed by atoms with van der Waals surface area (Å²) in [5.41, 5.74) is 5.12. The highest BCUT2D eigenvalue weighted by molar-refractivity contribution is 5.06. The third kappa shape index (κ3) is 1.23. The third-order valence-electron chi connectivity index (χ3n) is 4.42. The summed E-state index contributed by atoms with van der Waals surface area (Å²) in [7, 11) is 0. The first-order valence-electron chi connectivity index (χ1n) is 5.65. The van der Waals surface area contributed by atoms with Crippen LogP contribution in [0.4, 0.5) is 0 Å². The standard InChI is InChI=1S/C11H21NO2/c1-9-3-2-4-11(9,13)10(7-12)5-6-14-8-10/h9,13H,2-8,12H2,1H3. The maximum atomic E-state index is 10.8. The molecule has 3 unspecified atom stereocenters.